The first-order valence-corrected chi connectivity index (χ1v) is 8.03. The van der Waals surface area contributed by atoms with E-state index in [0.29, 0.717) is 0 Å². The average molecular weight is 285 g/mol. The van der Waals surface area contributed by atoms with Crippen LogP contribution in [0.15, 0.2) is 18.7 Å². The van der Waals surface area contributed by atoms with E-state index in [1.54, 1.807) is 17.7 Å². The van der Waals surface area contributed by atoms with Crippen LogP contribution < -0.4 is 5.32 Å². The molecule has 20 heavy (non-hydrogen) atoms. The van der Waals surface area contributed by atoms with Gasteiger partial charge in [-0.3, -0.25) is 5.32 Å². The van der Waals surface area contributed by atoms with Crippen molar-refractivity contribution in [2.75, 3.05) is 0 Å². The van der Waals surface area contributed by atoms with Crippen molar-refractivity contribution >= 4 is 23.2 Å². The Balaban J connectivity index is 1.62. The number of rotatable bonds is 3. The molecule has 3 heterocycles. The minimum absolute atomic E-state index is 0.846. The van der Waals surface area contributed by atoms with Crippen LogP contribution in [-0.2, 0) is 6.42 Å². The maximum atomic E-state index is 4.61. The van der Waals surface area contributed by atoms with E-state index in [9.17, 15) is 0 Å². The Bertz CT molecular complexity index is 656. The third-order valence-corrected chi connectivity index (χ3v) is 5.18. The fourth-order valence-electron chi connectivity index (χ4n) is 3.11. The first-order chi connectivity index (χ1) is 9.90. The Morgan fingerprint density at radius 2 is 2.10 bits per heavy atom. The lowest BCUT2D eigenvalue weighted by Gasteiger charge is -2.04. The van der Waals surface area contributed by atoms with Crippen LogP contribution in [0.25, 0.3) is 16.6 Å². The van der Waals surface area contributed by atoms with Crippen LogP contribution in [0.5, 0.6) is 0 Å². The van der Waals surface area contributed by atoms with Gasteiger partial charge in [-0.25, -0.2) is 9.97 Å². The molecule has 2 aliphatic rings. The Kier molecular flexibility index (Phi) is 3.09. The molecule has 0 amide bonds. The number of quaternary nitrogens is 1. The number of hydrogen-bond donors (Lipinski definition) is 1. The van der Waals surface area contributed by atoms with Gasteiger partial charge in [0, 0.05) is 18.7 Å². The standard InChI is InChI=1S/C15H16N4S/c1-2-4-10(3-1)7-13-17-8-12(20-13)14-11-5-6-16-15(11)19-9-18-14/h5-6,8-10H,1-4,7H2,(H,16,18,19)/p+1. The lowest BCUT2D eigenvalue weighted by atomic mass is 10.1. The molecule has 0 atom stereocenters. The van der Waals surface area contributed by atoms with Gasteiger partial charge in [0.05, 0.1) is 27.3 Å². The molecular formula is C15H17N4S+. The highest BCUT2D eigenvalue weighted by molar-refractivity contribution is 7.15. The molecule has 0 aromatic carbocycles. The predicted molar refractivity (Wildman–Crippen MR) is 79.4 cm³/mol. The molecule has 4 rings (SSSR count). The zero-order chi connectivity index (χ0) is 13.4. The third-order valence-electron chi connectivity index (χ3n) is 4.16. The van der Waals surface area contributed by atoms with Gasteiger partial charge in [0.1, 0.15) is 6.33 Å². The summed E-state index contributed by atoms with van der Waals surface area (Å²) in [5.41, 5.74) is 2.15. The molecule has 2 aromatic rings. The summed E-state index contributed by atoms with van der Waals surface area (Å²) in [4.78, 5) is 14.5. The molecule has 102 valence electrons. The maximum absolute atomic E-state index is 4.61. The number of aromatic nitrogens is 3. The Labute approximate surface area is 122 Å². The highest BCUT2D eigenvalue weighted by atomic mass is 32.1. The summed E-state index contributed by atoms with van der Waals surface area (Å²) in [6.07, 6.45) is 14.4. The molecule has 2 aromatic heterocycles. The van der Waals surface area contributed by atoms with E-state index in [2.05, 4.69) is 21.0 Å². The van der Waals surface area contributed by atoms with Crippen molar-refractivity contribution in [2.45, 2.75) is 32.1 Å². The molecule has 0 radical (unpaired) electrons. The normalized spacial score (nSPS) is 17.8. The highest BCUT2D eigenvalue weighted by Gasteiger charge is 2.21. The number of hydrogen-bond acceptors (Lipinski definition) is 4. The van der Waals surface area contributed by atoms with E-state index in [1.165, 1.54) is 30.7 Å². The molecule has 1 aliphatic heterocycles. The summed E-state index contributed by atoms with van der Waals surface area (Å²) in [5, 5.41) is 3.28. The van der Waals surface area contributed by atoms with E-state index in [-0.39, 0.29) is 0 Å². The molecule has 0 unspecified atom stereocenters. The van der Waals surface area contributed by atoms with Crippen molar-refractivity contribution < 1.29 is 5.32 Å². The fourth-order valence-corrected chi connectivity index (χ4v) is 4.16. The second kappa shape index (κ2) is 5.07. The Hall–Kier alpha value is -1.59. The number of nitrogens with zero attached hydrogens (tertiary/aromatic N) is 3. The largest absolute Gasteiger partial charge is 0.271 e. The zero-order valence-electron chi connectivity index (χ0n) is 11.2. The summed E-state index contributed by atoms with van der Waals surface area (Å²) in [6, 6.07) is 0. The first kappa shape index (κ1) is 12.2. The smallest absolute Gasteiger partial charge is 0.240 e. The highest BCUT2D eigenvalue weighted by Crippen LogP contribution is 2.34. The van der Waals surface area contributed by atoms with Crippen LogP contribution in [0.4, 0.5) is 5.82 Å². The van der Waals surface area contributed by atoms with Crippen LogP contribution in [0.3, 0.4) is 0 Å². The topological polar surface area (TPSA) is 55.3 Å². The SMILES string of the molecule is C1=Cc2c(ncnc2-c2cnc(CC3CCCC3)s2)[NH2+]1. The molecular weight excluding hydrogens is 268 g/mol. The average Bonchev–Trinajstić information content (AvgIpc) is 3.19. The Morgan fingerprint density at radius 3 is 3.00 bits per heavy atom. The molecule has 2 N–H and O–H groups in total. The molecule has 1 saturated carbocycles. The molecule has 5 heteroatoms. The second-order valence-electron chi connectivity index (χ2n) is 5.52. The lowest BCUT2D eigenvalue weighted by Crippen LogP contribution is -2.70. The molecule has 0 saturated heterocycles. The van der Waals surface area contributed by atoms with E-state index in [1.807, 2.05) is 17.7 Å². The van der Waals surface area contributed by atoms with Gasteiger partial charge >= 0.3 is 0 Å². The van der Waals surface area contributed by atoms with E-state index < -0.39 is 0 Å². The Morgan fingerprint density at radius 1 is 1.20 bits per heavy atom. The van der Waals surface area contributed by atoms with Crippen LogP contribution in [-0.4, -0.2) is 15.0 Å². The van der Waals surface area contributed by atoms with E-state index >= 15 is 0 Å². The molecule has 1 fully saturated rings. The van der Waals surface area contributed by atoms with Crippen molar-refractivity contribution in [1.29, 1.82) is 0 Å². The predicted octanol–water partition coefficient (Wildman–Crippen LogP) is 2.51. The van der Waals surface area contributed by atoms with Crippen LogP contribution in [0.2, 0.25) is 0 Å². The van der Waals surface area contributed by atoms with E-state index in [0.717, 1.165) is 34.3 Å². The van der Waals surface area contributed by atoms with Gasteiger partial charge in [-0.1, -0.05) is 25.7 Å². The van der Waals surface area contributed by atoms with Gasteiger partial charge in [0.25, 0.3) is 0 Å². The van der Waals surface area contributed by atoms with Gasteiger partial charge in [-0.2, -0.15) is 4.98 Å². The zero-order valence-corrected chi connectivity index (χ0v) is 12.1. The van der Waals surface area contributed by atoms with Gasteiger partial charge in [-0.05, 0) is 5.92 Å². The quantitative estimate of drug-likeness (QED) is 0.942. The number of thiazole rings is 1. The monoisotopic (exact) mass is 285 g/mol. The van der Waals surface area contributed by atoms with Crippen molar-refractivity contribution in [3.05, 3.63) is 29.3 Å². The van der Waals surface area contributed by atoms with Crippen molar-refractivity contribution in [2.24, 2.45) is 5.92 Å². The van der Waals surface area contributed by atoms with Crippen molar-refractivity contribution in [3.63, 3.8) is 0 Å². The fraction of sp³-hybridized carbons (Fsp3) is 0.400. The van der Waals surface area contributed by atoms with Crippen LogP contribution in [0.1, 0.15) is 36.3 Å². The van der Waals surface area contributed by atoms with Crippen LogP contribution in [0, 0.1) is 5.92 Å². The number of fused-ring (bicyclic) bond motifs is 1. The summed E-state index contributed by atoms with van der Waals surface area (Å²) >= 11 is 1.79. The third kappa shape index (κ3) is 2.17. The van der Waals surface area contributed by atoms with E-state index in [4.69, 9.17) is 0 Å². The second-order valence-corrected chi connectivity index (χ2v) is 6.64. The molecule has 1 aliphatic carbocycles. The summed E-state index contributed by atoms with van der Waals surface area (Å²) < 4.78 is 0. The maximum Gasteiger partial charge on any atom is 0.240 e. The minimum Gasteiger partial charge on any atom is -0.271 e. The minimum atomic E-state index is 0.846. The van der Waals surface area contributed by atoms with Gasteiger partial charge < -0.3 is 0 Å². The van der Waals surface area contributed by atoms with Crippen LogP contribution >= 0.6 is 11.3 Å². The van der Waals surface area contributed by atoms with Crippen molar-refractivity contribution in [1.82, 2.24) is 15.0 Å². The van der Waals surface area contributed by atoms with Crippen molar-refractivity contribution in [3.8, 4) is 10.6 Å². The summed E-state index contributed by atoms with van der Waals surface area (Å²) in [6.45, 7) is 0. The van der Waals surface area contributed by atoms with Gasteiger partial charge in [0.2, 0.25) is 5.82 Å². The summed E-state index contributed by atoms with van der Waals surface area (Å²) in [5.74, 6) is 1.86. The first-order valence-electron chi connectivity index (χ1n) is 7.21. The molecule has 0 spiro atoms. The number of nitrogens with two attached hydrogens (primary N) is 1. The summed E-state index contributed by atoms with van der Waals surface area (Å²) in [7, 11) is 0. The van der Waals surface area contributed by atoms with Gasteiger partial charge in [-0.15, -0.1) is 11.3 Å². The van der Waals surface area contributed by atoms with Gasteiger partial charge in [0.15, 0.2) is 0 Å². The molecule has 0 bridgehead atoms. The molecule has 4 nitrogen and oxygen atoms in total. The lowest BCUT2D eigenvalue weighted by molar-refractivity contribution is -0.495.